The van der Waals surface area contributed by atoms with Crippen molar-refractivity contribution in [2.24, 2.45) is 5.92 Å². The molecular formula is C14H18Cl2N2O3. The lowest BCUT2D eigenvalue weighted by Crippen LogP contribution is -2.34. The van der Waals surface area contributed by atoms with Crippen LogP contribution in [0, 0.1) is 16.0 Å². The van der Waals surface area contributed by atoms with Gasteiger partial charge in [0.1, 0.15) is 5.02 Å². The molecule has 5 nitrogen and oxygen atoms in total. The fraction of sp³-hybridized carbons (Fsp3) is 0.500. The summed E-state index contributed by atoms with van der Waals surface area (Å²) >= 11 is 11.7. The van der Waals surface area contributed by atoms with Crippen molar-refractivity contribution >= 4 is 34.8 Å². The Morgan fingerprint density at radius 3 is 2.48 bits per heavy atom. The molecule has 0 aliphatic rings. The molecule has 0 fully saturated rings. The molecule has 1 amide bonds. The molecular weight excluding hydrogens is 315 g/mol. The first-order chi connectivity index (χ1) is 9.81. The molecule has 1 unspecified atom stereocenters. The number of hydrogen-bond donors (Lipinski definition) is 0. The van der Waals surface area contributed by atoms with Crippen LogP contribution in [0.4, 0.5) is 5.69 Å². The maximum Gasteiger partial charge on any atom is 0.290 e. The first-order valence-corrected chi connectivity index (χ1v) is 7.50. The van der Waals surface area contributed by atoms with E-state index in [2.05, 4.69) is 0 Å². The average Bonchev–Trinajstić information content (AvgIpc) is 2.45. The second-order valence-electron chi connectivity index (χ2n) is 4.91. The van der Waals surface area contributed by atoms with Crippen LogP contribution >= 0.6 is 23.2 Å². The Morgan fingerprint density at radius 2 is 2.00 bits per heavy atom. The van der Waals surface area contributed by atoms with Crippen molar-refractivity contribution in [1.29, 1.82) is 0 Å². The van der Waals surface area contributed by atoms with Gasteiger partial charge in [0.2, 0.25) is 0 Å². The number of benzene rings is 1. The Bertz CT molecular complexity index is 549. The quantitative estimate of drug-likeness (QED) is 0.572. The van der Waals surface area contributed by atoms with E-state index in [1.807, 2.05) is 20.8 Å². The van der Waals surface area contributed by atoms with E-state index in [1.165, 1.54) is 12.1 Å². The minimum absolute atomic E-state index is 0.00816. The maximum atomic E-state index is 12.5. The van der Waals surface area contributed by atoms with E-state index in [9.17, 15) is 14.9 Å². The van der Waals surface area contributed by atoms with Crippen molar-refractivity contribution in [3.05, 3.63) is 37.9 Å². The van der Waals surface area contributed by atoms with Gasteiger partial charge < -0.3 is 4.90 Å². The SMILES string of the molecule is CCC(C)CN(CC)C(=O)c1cc(Cl)c(Cl)c([N+](=O)[O-])c1. The van der Waals surface area contributed by atoms with E-state index in [0.717, 1.165) is 6.42 Å². The lowest BCUT2D eigenvalue weighted by atomic mass is 10.1. The number of halogens is 2. The summed E-state index contributed by atoms with van der Waals surface area (Å²) in [5, 5.41) is 10.8. The van der Waals surface area contributed by atoms with Crippen LogP contribution in [0.5, 0.6) is 0 Å². The number of amides is 1. The summed E-state index contributed by atoms with van der Waals surface area (Å²) in [5.41, 5.74) is -0.173. The number of nitrogens with zero attached hydrogens (tertiary/aromatic N) is 2. The molecule has 0 radical (unpaired) electrons. The van der Waals surface area contributed by atoms with Crippen molar-refractivity contribution in [3.63, 3.8) is 0 Å². The Morgan fingerprint density at radius 1 is 1.38 bits per heavy atom. The van der Waals surface area contributed by atoms with Crippen LogP contribution in [0.1, 0.15) is 37.6 Å². The smallest absolute Gasteiger partial charge is 0.290 e. The average molecular weight is 333 g/mol. The van der Waals surface area contributed by atoms with Crippen LogP contribution < -0.4 is 0 Å². The van der Waals surface area contributed by atoms with Gasteiger partial charge in [0.25, 0.3) is 11.6 Å². The molecule has 0 aromatic heterocycles. The second kappa shape index (κ2) is 7.61. The van der Waals surface area contributed by atoms with Crippen LogP contribution in [0.2, 0.25) is 10.0 Å². The lowest BCUT2D eigenvalue weighted by Gasteiger charge is -2.24. The van der Waals surface area contributed by atoms with Gasteiger partial charge in [0, 0.05) is 24.7 Å². The summed E-state index contributed by atoms with van der Waals surface area (Å²) in [4.78, 5) is 24.4. The predicted molar refractivity (Wildman–Crippen MR) is 84.1 cm³/mol. The van der Waals surface area contributed by atoms with E-state index < -0.39 is 4.92 Å². The molecule has 1 aromatic rings. The fourth-order valence-electron chi connectivity index (χ4n) is 1.87. The molecule has 1 rings (SSSR count). The summed E-state index contributed by atoms with van der Waals surface area (Å²) in [7, 11) is 0. The third-order valence-corrected chi connectivity index (χ3v) is 4.14. The molecule has 0 bridgehead atoms. The summed E-state index contributed by atoms with van der Waals surface area (Å²) in [5.74, 6) is 0.0751. The summed E-state index contributed by atoms with van der Waals surface area (Å²) in [6.07, 6.45) is 0.950. The van der Waals surface area contributed by atoms with Gasteiger partial charge >= 0.3 is 0 Å². The topological polar surface area (TPSA) is 63.5 Å². The third-order valence-electron chi connectivity index (χ3n) is 3.35. The van der Waals surface area contributed by atoms with E-state index in [1.54, 1.807) is 4.90 Å². The monoisotopic (exact) mass is 332 g/mol. The molecule has 0 heterocycles. The van der Waals surface area contributed by atoms with E-state index in [0.29, 0.717) is 19.0 Å². The normalized spacial score (nSPS) is 12.0. The Balaban J connectivity index is 3.14. The molecule has 0 saturated heterocycles. The van der Waals surface area contributed by atoms with E-state index >= 15 is 0 Å². The zero-order valence-electron chi connectivity index (χ0n) is 12.2. The lowest BCUT2D eigenvalue weighted by molar-refractivity contribution is -0.384. The minimum Gasteiger partial charge on any atom is -0.339 e. The van der Waals surface area contributed by atoms with Crippen molar-refractivity contribution in [1.82, 2.24) is 4.90 Å². The first kappa shape index (κ1) is 17.7. The van der Waals surface area contributed by atoms with Crippen LogP contribution in [-0.2, 0) is 0 Å². The number of hydrogen-bond acceptors (Lipinski definition) is 3. The molecule has 1 aromatic carbocycles. The van der Waals surface area contributed by atoms with Gasteiger partial charge in [-0.3, -0.25) is 14.9 Å². The van der Waals surface area contributed by atoms with Crippen LogP contribution in [0.15, 0.2) is 12.1 Å². The highest BCUT2D eigenvalue weighted by Crippen LogP contribution is 2.33. The van der Waals surface area contributed by atoms with E-state index in [4.69, 9.17) is 23.2 Å². The van der Waals surface area contributed by atoms with Crippen molar-refractivity contribution in [2.75, 3.05) is 13.1 Å². The molecule has 116 valence electrons. The molecule has 1 atom stereocenters. The highest BCUT2D eigenvalue weighted by molar-refractivity contribution is 6.43. The third kappa shape index (κ3) is 4.32. The minimum atomic E-state index is -0.643. The number of carbonyl (C=O) groups excluding carboxylic acids is 1. The zero-order chi connectivity index (χ0) is 16.2. The van der Waals surface area contributed by atoms with Crippen molar-refractivity contribution < 1.29 is 9.72 Å². The first-order valence-electron chi connectivity index (χ1n) is 6.74. The highest BCUT2D eigenvalue weighted by Gasteiger charge is 2.23. The highest BCUT2D eigenvalue weighted by atomic mass is 35.5. The molecule has 0 saturated carbocycles. The summed E-state index contributed by atoms with van der Waals surface area (Å²) in [6.45, 7) is 7.09. The molecule has 0 aliphatic carbocycles. The summed E-state index contributed by atoms with van der Waals surface area (Å²) in [6, 6.07) is 2.55. The molecule has 7 heteroatoms. The predicted octanol–water partition coefficient (Wildman–Crippen LogP) is 4.41. The number of nitro benzene ring substituents is 1. The number of carbonyl (C=O) groups is 1. The van der Waals surface area contributed by atoms with Gasteiger partial charge in [0.05, 0.1) is 9.95 Å². The molecule has 0 spiro atoms. The Kier molecular flexibility index (Phi) is 6.42. The van der Waals surface area contributed by atoms with Gasteiger partial charge in [-0.25, -0.2) is 0 Å². The standard InChI is InChI=1S/C14H18Cl2N2O3/c1-4-9(3)8-17(5-2)14(19)10-6-11(15)13(16)12(7-10)18(20)21/h6-7,9H,4-5,8H2,1-3H3. The maximum absolute atomic E-state index is 12.5. The van der Waals surface area contributed by atoms with Crippen molar-refractivity contribution in [2.45, 2.75) is 27.2 Å². The largest absolute Gasteiger partial charge is 0.339 e. The fourth-order valence-corrected chi connectivity index (χ4v) is 2.27. The number of nitro groups is 1. The van der Waals surface area contributed by atoms with Gasteiger partial charge in [-0.15, -0.1) is 0 Å². The Hall–Kier alpha value is -1.33. The van der Waals surface area contributed by atoms with Crippen LogP contribution in [0.3, 0.4) is 0 Å². The second-order valence-corrected chi connectivity index (χ2v) is 5.69. The molecule has 0 aliphatic heterocycles. The molecule has 21 heavy (non-hydrogen) atoms. The van der Waals surface area contributed by atoms with Crippen molar-refractivity contribution in [3.8, 4) is 0 Å². The van der Waals surface area contributed by atoms with Crippen LogP contribution in [-0.4, -0.2) is 28.8 Å². The number of rotatable bonds is 6. The van der Waals surface area contributed by atoms with Gasteiger partial charge in [-0.05, 0) is 18.9 Å². The van der Waals surface area contributed by atoms with Crippen LogP contribution in [0.25, 0.3) is 0 Å². The van der Waals surface area contributed by atoms with Gasteiger partial charge in [0.15, 0.2) is 0 Å². The van der Waals surface area contributed by atoms with Gasteiger partial charge in [-0.1, -0.05) is 43.5 Å². The summed E-state index contributed by atoms with van der Waals surface area (Å²) < 4.78 is 0. The van der Waals surface area contributed by atoms with E-state index in [-0.39, 0.29) is 27.2 Å². The zero-order valence-corrected chi connectivity index (χ0v) is 13.7. The van der Waals surface area contributed by atoms with Gasteiger partial charge in [-0.2, -0.15) is 0 Å². The molecule has 0 N–H and O–H groups in total. The Labute approximate surface area is 134 Å².